The van der Waals surface area contributed by atoms with E-state index in [2.05, 4.69) is 15.7 Å². The van der Waals surface area contributed by atoms with Crippen LogP contribution in [0, 0.1) is 0 Å². The van der Waals surface area contributed by atoms with Crippen molar-refractivity contribution in [1.29, 1.82) is 0 Å². The van der Waals surface area contributed by atoms with Crippen LogP contribution in [0.15, 0.2) is 59.6 Å². The first kappa shape index (κ1) is 29.7. The van der Waals surface area contributed by atoms with E-state index >= 15 is 0 Å². The number of hydrogen-bond donors (Lipinski definition) is 2. The Labute approximate surface area is 239 Å². The highest BCUT2D eigenvalue weighted by molar-refractivity contribution is 7.93. The molecular formula is C28H35N5O7S. The first-order chi connectivity index (χ1) is 19.4. The number of carbonyl (C=O) groups excluding carboxylic acids is 2. The molecule has 220 valence electrons. The van der Waals surface area contributed by atoms with Crippen LogP contribution in [0.2, 0.25) is 0 Å². The lowest BCUT2D eigenvalue weighted by Gasteiger charge is -2.35. The van der Waals surface area contributed by atoms with Crippen LogP contribution in [0.1, 0.15) is 40.2 Å². The Hall–Kier alpha value is -4.26. The average molecular weight is 586 g/mol. The number of nitrogens with zero attached hydrogens (tertiary/aromatic N) is 3. The van der Waals surface area contributed by atoms with Gasteiger partial charge in [-0.25, -0.2) is 13.2 Å². The molecule has 0 spiro atoms. The smallest absolute Gasteiger partial charge is 0.412 e. The zero-order valence-corrected chi connectivity index (χ0v) is 24.5. The molecule has 2 amide bonds. The largest absolute Gasteiger partial charge is 0.484 e. The minimum Gasteiger partial charge on any atom is -0.484 e. The number of rotatable bonds is 9. The third-order valence-corrected chi connectivity index (χ3v) is 7.68. The minimum absolute atomic E-state index is 0.0369. The van der Waals surface area contributed by atoms with Crippen LogP contribution in [-0.2, 0) is 32.7 Å². The fourth-order valence-corrected chi connectivity index (χ4v) is 5.65. The third-order valence-electron chi connectivity index (χ3n) is 5.92. The van der Waals surface area contributed by atoms with E-state index in [-0.39, 0.29) is 47.8 Å². The average Bonchev–Trinajstić information content (AvgIpc) is 3.34. The monoisotopic (exact) mass is 585 g/mol. The molecule has 1 aliphatic heterocycles. The highest BCUT2D eigenvalue weighted by Crippen LogP contribution is 2.40. The van der Waals surface area contributed by atoms with Crippen LogP contribution >= 0.6 is 0 Å². The summed E-state index contributed by atoms with van der Waals surface area (Å²) in [6, 6.07) is 14.0. The predicted octanol–water partition coefficient (Wildman–Crippen LogP) is 3.92. The van der Waals surface area contributed by atoms with E-state index in [4.69, 9.17) is 14.2 Å². The molecule has 13 heteroatoms. The number of nitrogens with one attached hydrogen (secondary N) is 2. The summed E-state index contributed by atoms with van der Waals surface area (Å²) in [4.78, 5) is 23.9. The second-order valence-electron chi connectivity index (χ2n) is 10.5. The van der Waals surface area contributed by atoms with E-state index in [1.165, 1.54) is 28.2 Å². The van der Waals surface area contributed by atoms with Crippen molar-refractivity contribution in [2.75, 3.05) is 22.7 Å². The number of sulfonamides is 1. The van der Waals surface area contributed by atoms with E-state index in [0.717, 1.165) is 5.56 Å². The molecule has 3 aromatic rings. The number of aryl methyl sites for hydroxylation is 1. The SMILES string of the molecule is CCn1cc(S(=O)(=O)N2C[C@H](CNC(C)=O)Oc3ccc(NC(=O)OC(C)(C)C)cc32)c(OCc2ccccc2)n1. The molecule has 0 saturated heterocycles. The minimum atomic E-state index is -4.26. The maximum absolute atomic E-state index is 14.3. The highest BCUT2D eigenvalue weighted by atomic mass is 32.2. The number of anilines is 2. The summed E-state index contributed by atoms with van der Waals surface area (Å²) < 4.78 is 48.4. The van der Waals surface area contributed by atoms with Gasteiger partial charge in [0, 0.05) is 25.4 Å². The van der Waals surface area contributed by atoms with Crippen molar-refractivity contribution in [3.05, 3.63) is 60.3 Å². The normalized spacial score (nSPS) is 15.0. The van der Waals surface area contributed by atoms with Crippen LogP contribution in [0.25, 0.3) is 0 Å². The molecule has 0 saturated carbocycles. The van der Waals surface area contributed by atoms with Gasteiger partial charge in [0.2, 0.25) is 5.91 Å². The second kappa shape index (κ2) is 12.1. The van der Waals surface area contributed by atoms with E-state index < -0.39 is 27.8 Å². The molecule has 41 heavy (non-hydrogen) atoms. The molecule has 2 N–H and O–H groups in total. The number of fused-ring (bicyclic) bond motifs is 1. The summed E-state index contributed by atoms with van der Waals surface area (Å²) in [7, 11) is -4.26. The van der Waals surface area contributed by atoms with E-state index in [0.29, 0.717) is 12.2 Å². The van der Waals surface area contributed by atoms with Gasteiger partial charge in [-0.15, -0.1) is 5.10 Å². The van der Waals surface area contributed by atoms with Gasteiger partial charge in [-0.1, -0.05) is 30.3 Å². The highest BCUT2D eigenvalue weighted by Gasteiger charge is 2.38. The number of aromatic nitrogens is 2. The van der Waals surface area contributed by atoms with Crippen molar-refractivity contribution in [2.24, 2.45) is 0 Å². The zero-order valence-electron chi connectivity index (χ0n) is 23.7. The Morgan fingerprint density at radius 1 is 1.15 bits per heavy atom. The summed E-state index contributed by atoms with van der Waals surface area (Å²) in [5, 5.41) is 9.68. The van der Waals surface area contributed by atoms with Gasteiger partial charge in [0.1, 0.15) is 24.1 Å². The summed E-state index contributed by atoms with van der Waals surface area (Å²) in [6.07, 6.45) is 0.0600. The molecular weight excluding hydrogens is 550 g/mol. The van der Waals surface area contributed by atoms with Gasteiger partial charge < -0.3 is 19.5 Å². The van der Waals surface area contributed by atoms with Crippen molar-refractivity contribution in [3.8, 4) is 11.6 Å². The van der Waals surface area contributed by atoms with E-state index in [9.17, 15) is 18.0 Å². The first-order valence-electron chi connectivity index (χ1n) is 13.2. The van der Waals surface area contributed by atoms with Gasteiger partial charge in [-0.2, -0.15) is 0 Å². The lowest BCUT2D eigenvalue weighted by Crippen LogP contribution is -2.48. The molecule has 0 unspecified atom stereocenters. The van der Waals surface area contributed by atoms with Gasteiger partial charge >= 0.3 is 6.09 Å². The van der Waals surface area contributed by atoms with Crippen LogP contribution < -0.4 is 24.4 Å². The lowest BCUT2D eigenvalue weighted by molar-refractivity contribution is -0.119. The molecule has 1 aliphatic rings. The fraction of sp³-hybridized carbons (Fsp3) is 0.393. The molecule has 0 radical (unpaired) electrons. The third kappa shape index (κ3) is 7.48. The topological polar surface area (TPSA) is 141 Å². The van der Waals surface area contributed by atoms with Crippen LogP contribution in [0.3, 0.4) is 0 Å². The summed E-state index contributed by atoms with van der Waals surface area (Å²) in [5.41, 5.74) is 0.651. The van der Waals surface area contributed by atoms with Gasteiger partial charge in [-0.05, 0) is 51.5 Å². The van der Waals surface area contributed by atoms with Crippen molar-refractivity contribution in [3.63, 3.8) is 0 Å². The molecule has 0 aliphatic carbocycles. The number of hydrogen-bond acceptors (Lipinski definition) is 8. The Bertz CT molecular complexity index is 1500. The Kier molecular flexibility index (Phi) is 8.76. The summed E-state index contributed by atoms with van der Waals surface area (Å²) in [6.45, 7) is 8.96. The maximum Gasteiger partial charge on any atom is 0.412 e. The van der Waals surface area contributed by atoms with Gasteiger partial charge in [0.05, 0.1) is 18.8 Å². The summed E-state index contributed by atoms with van der Waals surface area (Å²) in [5.74, 6) is -0.0451. The molecule has 0 fully saturated rings. The molecule has 1 aromatic heterocycles. The van der Waals surface area contributed by atoms with Gasteiger partial charge in [-0.3, -0.25) is 19.1 Å². The van der Waals surface area contributed by atoms with Crippen molar-refractivity contribution in [2.45, 2.75) is 64.4 Å². The fourth-order valence-electron chi connectivity index (χ4n) is 4.07. The van der Waals surface area contributed by atoms with Crippen LogP contribution in [-0.4, -0.2) is 55.0 Å². The molecule has 4 rings (SSSR count). The quantitative estimate of drug-likeness (QED) is 0.385. The Morgan fingerprint density at radius 3 is 2.54 bits per heavy atom. The number of carbonyl (C=O) groups is 2. The van der Waals surface area contributed by atoms with Crippen molar-refractivity contribution >= 4 is 33.4 Å². The first-order valence-corrected chi connectivity index (χ1v) is 14.6. The Balaban J connectivity index is 1.71. The standard InChI is InChI=1S/C28H35N5O7S/c1-6-32-17-25(26(31-32)38-18-20-10-8-7-9-11-20)41(36,37)33-16-22(15-29-19(2)34)39-24-13-12-21(14-23(24)33)30-27(35)40-28(3,4)5/h7-14,17,22H,6,15-16,18H2,1-5H3,(H,29,34)(H,30,35)/t22-/m0/s1. The predicted molar refractivity (Wildman–Crippen MR) is 153 cm³/mol. The Morgan fingerprint density at radius 2 is 1.88 bits per heavy atom. The number of amides is 2. The van der Waals surface area contributed by atoms with Crippen molar-refractivity contribution in [1.82, 2.24) is 15.1 Å². The van der Waals surface area contributed by atoms with Crippen LogP contribution in [0.5, 0.6) is 11.6 Å². The molecule has 12 nitrogen and oxygen atoms in total. The molecule has 0 bridgehead atoms. The van der Waals surface area contributed by atoms with Crippen LogP contribution in [0.4, 0.5) is 16.2 Å². The maximum atomic E-state index is 14.3. The van der Waals surface area contributed by atoms with E-state index in [1.807, 2.05) is 37.3 Å². The second-order valence-corrected chi connectivity index (χ2v) is 12.3. The number of ether oxygens (including phenoxy) is 3. The zero-order chi connectivity index (χ0) is 29.8. The van der Waals surface area contributed by atoms with Gasteiger partial charge in [0.25, 0.3) is 15.9 Å². The molecule has 2 aromatic carbocycles. The van der Waals surface area contributed by atoms with Gasteiger partial charge in [0.15, 0.2) is 4.90 Å². The molecule has 2 heterocycles. The summed E-state index contributed by atoms with van der Waals surface area (Å²) >= 11 is 0. The van der Waals surface area contributed by atoms with Crippen molar-refractivity contribution < 1.29 is 32.2 Å². The lowest BCUT2D eigenvalue weighted by atomic mass is 10.2. The molecule has 1 atom stereocenters. The number of benzene rings is 2. The van der Waals surface area contributed by atoms with E-state index in [1.54, 1.807) is 32.9 Å².